The van der Waals surface area contributed by atoms with Crippen LogP contribution in [0.2, 0.25) is 0 Å². The summed E-state index contributed by atoms with van der Waals surface area (Å²) in [5, 5.41) is 2.97. The van der Waals surface area contributed by atoms with E-state index in [9.17, 15) is 4.79 Å². The average Bonchev–Trinajstić information content (AvgIpc) is 3.03. The molecule has 21 heavy (non-hydrogen) atoms. The summed E-state index contributed by atoms with van der Waals surface area (Å²) >= 11 is 0. The van der Waals surface area contributed by atoms with E-state index in [4.69, 9.17) is 9.47 Å². The Morgan fingerprint density at radius 1 is 1.29 bits per heavy atom. The number of carbonyl (C=O) groups excluding carboxylic acids is 1. The first-order chi connectivity index (χ1) is 10.2. The minimum Gasteiger partial charge on any atom is -0.493 e. The van der Waals surface area contributed by atoms with E-state index in [0.717, 1.165) is 49.4 Å². The van der Waals surface area contributed by atoms with E-state index in [2.05, 4.69) is 5.32 Å². The molecule has 0 spiro atoms. The first-order valence-corrected chi connectivity index (χ1v) is 7.57. The highest BCUT2D eigenvalue weighted by molar-refractivity contribution is 5.74. The van der Waals surface area contributed by atoms with Crippen molar-refractivity contribution in [3.05, 3.63) is 23.8 Å². The van der Waals surface area contributed by atoms with Crippen molar-refractivity contribution < 1.29 is 14.3 Å². The Morgan fingerprint density at radius 3 is 2.71 bits per heavy atom. The zero-order valence-corrected chi connectivity index (χ0v) is 12.9. The van der Waals surface area contributed by atoms with Crippen LogP contribution in [0, 0.1) is 0 Å². The van der Waals surface area contributed by atoms with Gasteiger partial charge in [-0.2, -0.15) is 0 Å². The summed E-state index contributed by atoms with van der Waals surface area (Å²) in [6.07, 6.45) is 3.01. The Hall–Kier alpha value is -1.91. The Bertz CT molecular complexity index is 471. The standard InChI is InChI=1S/C16H24N2O3/c1-3-21-14-7-6-13(12-15(14)20-2)8-9-17-16(19)18-10-4-5-11-18/h6-7,12H,3-5,8-11H2,1-2H3,(H,17,19). The van der Waals surface area contributed by atoms with E-state index < -0.39 is 0 Å². The Balaban J connectivity index is 1.83. The van der Waals surface area contributed by atoms with Gasteiger partial charge in [0, 0.05) is 19.6 Å². The molecule has 1 aromatic carbocycles. The van der Waals surface area contributed by atoms with Crippen LogP contribution in [0.1, 0.15) is 25.3 Å². The maximum absolute atomic E-state index is 11.9. The monoisotopic (exact) mass is 292 g/mol. The number of methoxy groups -OCH3 is 1. The zero-order valence-electron chi connectivity index (χ0n) is 12.9. The van der Waals surface area contributed by atoms with Crippen LogP contribution in [-0.2, 0) is 6.42 Å². The number of carbonyl (C=O) groups is 1. The van der Waals surface area contributed by atoms with Crippen LogP contribution < -0.4 is 14.8 Å². The molecule has 2 amide bonds. The van der Waals surface area contributed by atoms with E-state index in [1.165, 1.54) is 0 Å². The second-order valence-electron chi connectivity index (χ2n) is 5.09. The van der Waals surface area contributed by atoms with E-state index in [-0.39, 0.29) is 6.03 Å². The summed E-state index contributed by atoms with van der Waals surface area (Å²) in [6, 6.07) is 5.94. The molecule has 0 saturated carbocycles. The van der Waals surface area contributed by atoms with Crippen LogP contribution >= 0.6 is 0 Å². The number of nitrogens with one attached hydrogen (secondary N) is 1. The summed E-state index contributed by atoms with van der Waals surface area (Å²) in [5.41, 5.74) is 1.12. The van der Waals surface area contributed by atoms with Crippen molar-refractivity contribution in [1.82, 2.24) is 10.2 Å². The lowest BCUT2D eigenvalue weighted by Gasteiger charge is -2.16. The van der Waals surface area contributed by atoms with Crippen molar-refractivity contribution >= 4 is 6.03 Å². The highest BCUT2D eigenvalue weighted by atomic mass is 16.5. The highest BCUT2D eigenvalue weighted by Gasteiger charge is 2.16. The lowest BCUT2D eigenvalue weighted by atomic mass is 10.1. The van der Waals surface area contributed by atoms with Gasteiger partial charge in [-0.1, -0.05) is 6.07 Å². The molecule has 1 fully saturated rings. The smallest absolute Gasteiger partial charge is 0.317 e. The van der Waals surface area contributed by atoms with Crippen LogP contribution in [0.3, 0.4) is 0 Å². The molecule has 1 aliphatic heterocycles. The summed E-state index contributed by atoms with van der Waals surface area (Å²) in [6.45, 7) is 4.95. The Morgan fingerprint density at radius 2 is 2.05 bits per heavy atom. The molecule has 1 N–H and O–H groups in total. The number of rotatable bonds is 6. The van der Waals surface area contributed by atoms with E-state index in [1.807, 2.05) is 30.0 Å². The molecule has 0 atom stereocenters. The quantitative estimate of drug-likeness (QED) is 0.876. The van der Waals surface area contributed by atoms with Gasteiger partial charge in [-0.3, -0.25) is 0 Å². The first-order valence-electron chi connectivity index (χ1n) is 7.57. The number of benzene rings is 1. The molecule has 5 heteroatoms. The molecule has 1 saturated heterocycles. The molecule has 0 bridgehead atoms. The molecular weight excluding hydrogens is 268 g/mol. The molecule has 1 aliphatic rings. The van der Waals surface area contributed by atoms with Gasteiger partial charge < -0.3 is 19.7 Å². The topological polar surface area (TPSA) is 50.8 Å². The van der Waals surface area contributed by atoms with Gasteiger partial charge in [0.25, 0.3) is 0 Å². The highest BCUT2D eigenvalue weighted by Crippen LogP contribution is 2.28. The van der Waals surface area contributed by atoms with Crippen LogP contribution in [0.15, 0.2) is 18.2 Å². The van der Waals surface area contributed by atoms with Crippen molar-refractivity contribution in [2.75, 3.05) is 33.4 Å². The van der Waals surface area contributed by atoms with E-state index in [0.29, 0.717) is 13.2 Å². The normalized spacial score (nSPS) is 14.1. The lowest BCUT2D eigenvalue weighted by Crippen LogP contribution is -2.38. The molecule has 5 nitrogen and oxygen atoms in total. The van der Waals surface area contributed by atoms with E-state index >= 15 is 0 Å². The molecule has 2 rings (SSSR count). The fraction of sp³-hybridized carbons (Fsp3) is 0.562. The average molecular weight is 292 g/mol. The van der Waals surface area contributed by atoms with Gasteiger partial charge in [0.1, 0.15) is 0 Å². The van der Waals surface area contributed by atoms with Gasteiger partial charge in [-0.15, -0.1) is 0 Å². The minimum absolute atomic E-state index is 0.0467. The van der Waals surface area contributed by atoms with E-state index in [1.54, 1.807) is 7.11 Å². The fourth-order valence-electron chi connectivity index (χ4n) is 2.49. The second-order valence-corrected chi connectivity index (χ2v) is 5.09. The van der Waals surface area contributed by atoms with Gasteiger partial charge in [-0.05, 0) is 43.9 Å². The number of urea groups is 1. The molecular formula is C16H24N2O3. The van der Waals surface area contributed by atoms with Gasteiger partial charge in [0.05, 0.1) is 13.7 Å². The van der Waals surface area contributed by atoms with Crippen LogP contribution in [0.4, 0.5) is 4.79 Å². The maximum Gasteiger partial charge on any atom is 0.317 e. The first kappa shape index (κ1) is 15.5. The summed E-state index contributed by atoms with van der Waals surface area (Å²) in [4.78, 5) is 13.7. The van der Waals surface area contributed by atoms with Crippen LogP contribution in [0.25, 0.3) is 0 Å². The largest absolute Gasteiger partial charge is 0.493 e. The van der Waals surface area contributed by atoms with Crippen molar-refractivity contribution in [1.29, 1.82) is 0 Å². The second kappa shape index (κ2) is 7.76. The third-order valence-electron chi connectivity index (χ3n) is 3.61. The molecule has 0 aliphatic carbocycles. The molecule has 116 valence electrons. The van der Waals surface area contributed by atoms with Crippen molar-refractivity contribution in [2.45, 2.75) is 26.2 Å². The minimum atomic E-state index is 0.0467. The predicted octanol–water partition coefficient (Wildman–Crippen LogP) is 2.44. The number of likely N-dealkylation sites (tertiary alicyclic amines) is 1. The number of hydrogen-bond acceptors (Lipinski definition) is 3. The summed E-state index contributed by atoms with van der Waals surface area (Å²) in [5.74, 6) is 1.49. The fourth-order valence-corrected chi connectivity index (χ4v) is 2.49. The summed E-state index contributed by atoms with van der Waals surface area (Å²) < 4.78 is 10.8. The Labute approximate surface area is 126 Å². The van der Waals surface area contributed by atoms with Gasteiger partial charge >= 0.3 is 6.03 Å². The Kier molecular flexibility index (Phi) is 5.72. The lowest BCUT2D eigenvalue weighted by molar-refractivity contribution is 0.209. The number of hydrogen-bond donors (Lipinski definition) is 1. The molecule has 1 aromatic rings. The third kappa shape index (κ3) is 4.28. The maximum atomic E-state index is 11.9. The van der Waals surface area contributed by atoms with Crippen molar-refractivity contribution in [3.63, 3.8) is 0 Å². The number of amides is 2. The van der Waals surface area contributed by atoms with Gasteiger partial charge in [0.15, 0.2) is 11.5 Å². The predicted molar refractivity (Wildman–Crippen MR) is 82.1 cm³/mol. The SMILES string of the molecule is CCOc1ccc(CCNC(=O)N2CCCC2)cc1OC. The third-order valence-corrected chi connectivity index (χ3v) is 3.61. The molecule has 0 radical (unpaired) electrons. The zero-order chi connectivity index (χ0) is 15.1. The van der Waals surface area contributed by atoms with Gasteiger partial charge in [-0.25, -0.2) is 4.79 Å². The van der Waals surface area contributed by atoms with Crippen molar-refractivity contribution in [3.8, 4) is 11.5 Å². The number of nitrogens with zero attached hydrogens (tertiary/aromatic N) is 1. The number of ether oxygens (including phenoxy) is 2. The molecule has 0 unspecified atom stereocenters. The van der Waals surface area contributed by atoms with Crippen molar-refractivity contribution in [2.24, 2.45) is 0 Å². The summed E-state index contributed by atoms with van der Waals surface area (Å²) in [7, 11) is 1.64. The molecule has 1 heterocycles. The molecule has 0 aromatic heterocycles. The van der Waals surface area contributed by atoms with Crippen LogP contribution in [-0.4, -0.2) is 44.3 Å². The van der Waals surface area contributed by atoms with Crippen LogP contribution in [0.5, 0.6) is 11.5 Å². The van der Waals surface area contributed by atoms with Gasteiger partial charge in [0.2, 0.25) is 0 Å².